The van der Waals surface area contributed by atoms with Crippen LogP contribution >= 0.6 is 0 Å². The molecule has 0 amide bonds. The summed E-state index contributed by atoms with van der Waals surface area (Å²) in [4.78, 5) is 10.8. The van der Waals surface area contributed by atoms with Crippen LogP contribution in [0.3, 0.4) is 0 Å². The van der Waals surface area contributed by atoms with Crippen molar-refractivity contribution in [2.45, 2.75) is 32.6 Å². The summed E-state index contributed by atoms with van der Waals surface area (Å²) in [7, 11) is 0. The van der Waals surface area contributed by atoms with E-state index < -0.39 is 0 Å². The molecule has 1 rings (SSSR count). The van der Waals surface area contributed by atoms with Gasteiger partial charge in [-0.05, 0) is 42.9 Å². The van der Waals surface area contributed by atoms with Crippen molar-refractivity contribution < 1.29 is 15.0 Å². The molecule has 1 unspecified atom stereocenters. The number of carbonyl (C=O) groups excluding carboxylic acids is 1. The predicted octanol–water partition coefficient (Wildman–Crippen LogP) is 2.39. The number of benzene rings is 1. The van der Waals surface area contributed by atoms with Crippen molar-refractivity contribution in [1.29, 1.82) is 0 Å². The van der Waals surface area contributed by atoms with Crippen LogP contribution in [0.15, 0.2) is 12.1 Å². The summed E-state index contributed by atoms with van der Waals surface area (Å²) >= 11 is 0. The summed E-state index contributed by atoms with van der Waals surface area (Å²) in [5.41, 5.74) is 2.04. The Hall–Kier alpha value is -1.35. The van der Waals surface area contributed by atoms with Crippen LogP contribution in [-0.4, -0.2) is 23.1 Å². The number of aromatic hydroxyl groups is 1. The SMILES string of the molecule is CCC(CCO)c1cc(C)c(O)c(C=O)c1. The van der Waals surface area contributed by atoms with Gasteiger partial charge in [0.25, 0.3) is 0 Å². The van der Waals surface area contributed by atoms with Gasteiger partial charge in [-0.15, -0.1) is 0 Å². The van der Waals surface area contributed by atoms with Gasteiger partial charge in [0.1, 0.15) is 5.75 Å². The Kier molecular flexibility index (Phi) is 4.50. The number of carbonyl (C=O) groups is 1. The van der Waals surface area contributed by atoms with Crippen LogP contribution in [-0.2, 0) is 0 Å². The molecule has 0 saturated heterocycles. The third-order valence-corrected chi connectivity index (χ3v) is 2.92. The molecule has 2 N–H and O–H groups in total. The number of phenols is 1. The Morgan fingerprint density at radius 1 is 1.44 bits per heavy atom. The van der Waals surface area contributed by atoms with E-state index in [9.17, 15) is 9.90 Å². The maximum atomic E-state index is 10.8. The molecule has 1 atom stereocenters. The van der Waals surface area contributed by atoms with Crippen molar-refractivity contribution in [3.05, 3.63) is 28.8 Å². The van der Waals surface area contributed by atoms with E-state index in [1.807, 2.05) is 13.0 Å². The Labute approximate surface area is 95.7 Å². The first-order chi connectivity index (χ1) is 7.63. The molecule has 1 aromatic carbocycles. The topological polar surface area (TPSA) is 57.5 Å². The van der Waals surface area contributed by atoms with Gasteiger partial charge >= 0.3 is 0 Å². The highest BCUT2D eigenvalue weighted by Gasteiger charge is 2.13. The van der Waals surface area contributed by atoms with E-state index in [0.29, 0.717) is 23.8 Å². The monoisotopic (exact) mass is 222 g/mol. The summed E-state index contributed by atoms with van der Waals surface area (Å²) in [6.07, 6.45) is 2.25. The van der Waals surface area contributed by atoms with Crippen LogP contribution in [0.25, 0.3) is 0 Å². The van der Waals surface area contributed by atoms with Gasteiger partial charge in [-0.3, -0.25) is 4.79 Å². The third-order valence-electron chi connectivity index (χ3n) is 2.92. The van der Waals surface area contributed by atoms with Crippen LogP contribution < -0.4 is 0 Å². The van der Waals surface area contributed by atoms with Gasteiger partial charge in [0.2, 0.25) is 0 Å². The van der Waals surface area contributed by atoms with E-state index in [1.165, 1.54) is 0 Å². The molecule has 0 aliphatic carbocycles. The first-order valence-corrected chi connectivity index (χ1v) is 5.53. The lowest BCUT2D eigenvalue weighted by Crippen LogP contribution is -2.02. The predicted molar refractivity (Wildman–Crippen MR) is 63.0 cm³/mol. The number of aliphatic hydroxyl groups excluding tert-OH is 1. The second-order valence-electron chi connectivity index (χ2n) is 4.01. The highest BCUT2D eigenvalue weighted by Crippen LogP contribution is 2.29. The first kappa shape index (κ1) is 12.7. The molecule has 0 heterocycles. The van der Waals surface area contributed by atoms with Crippen molar-refractivity contribution in [3.8, 4) is 5.75 Å². The van der Waals surface area contributed by atoms with Gasteiger partial charge < -0.3 is 10.2 Å². The number of phenolic OH excluding ortho intramolecular Hbond substituents is 1. The zero-order chi connectivity index (χ0) is 12.1. The Morgan fingerprint density at radius 2 is 2.12 bits per heavy atom. The molecule has 0 radical (unpaired) electrons. The Balaban J connectivity index is 3.13. The summed E-state index contributed by atoms with van der Waals surface area (Å²) in [5, 5.41) is 18.6. The van der Waals surface area contributed by atoms with E-state index >= 15 is 0 Å². The van der Waals surface area contributed by atoms with Gasteiger partial charge in [0.05, 0.1) is 5.56 Å². The maximum Gasteiger partial charge on any atom is 0.153 e. The van der Waals surface area contributed by atoms with Crippen LogP contribution in [0.4, 0.5) is 0 Å². The van der Waals surface area contributed by atoms with E-state index in [-0.39, 0.29) is 18.3 Å². The van der Waals surface area contributed by atoms with Crippen molar-refractivity contribution in [2.75, 3.05) is 6.61 Å². The minimum absolute atomic E-state index is 0.0533. The quantitative estimate of drug-likeness (QED) is 0.752. The zero-order valence-corrected chi connectivity index (χ0v) is 9.73. The summed E-state index contributed by atoms with van der Waals surface area (Å²) in [6.45, 7) is 3.95. The highest BCUT2D eigenvalue weighted by atomic mass is 16.3. The fourth-order valence-electron chi connectivity index (χ4n) is 1.92. The van der Waals surface area contributed by atoms with Gasteiger partial charge in [-0.2, -0.15) is 0 Å². The summed E-state index contributed by atoms with van der Waals surface area (Å²) in [5.74, 6) is 0.292. The molecule has 0 fully saturated rings. The number of hydrogen-bond acceptors (Lipinski definition) is 3. The van der Waals surface area contributed by atoms with Gasteiger partial charge in [0, 0.05) is 6.61 Å². The van der Waals surface area contributed by atoms with Crippen molar-refractivity contribution in [2.24, 2.45) is 0 Å². The maximum absolute atomic E-state index is 10.8. The molecule has 0 bridgehead atoms. The highest BCUT2D eigenvalue weighted by molar-refractivity contribution is 5.80. The van der Waals surface area contributed by atoms with Crippen LogP contribution in [0.1, 0.15) is 47.2 Å². The molecule has 0 aromatic heterocycles. The molecule has 88 valence electrons. The Bertz CT molecular complexity index is 372. The van der Waals surface area contributed by atoms with E-state index in [1.54, 1.807) is 13.0 Å². The molecular weight excluding hydrogens is 204 g/mol. The average molecular weight is 222 g/mol. The lowest BCUT2D eigenvalue weighted by atomic mass is 9.90. The molecule has 3 heteroatoms. The summed E-state index contributed by atoms with van der Waals surface area (Å²) in [6, 6.07) is 3.59. The fraction of sp³-hybridized carbons (Fsp3) is 0.462. The number of aldehydes is 1. The minimum Gasteiger partial charge on any atom is -0.507 e. The second-order valence-corrected chi connectivity index (χ2v) is 4.01. The lowest BCUT2D eigenvalue weighted by molar-refractivity contribution is 0.112. The molecule has 1 aromatic rings. The third kappa shape index (κ3) is 2.61. The van der Waals surface area contributed by atoms with Crippen molar-refractivity contribution >= 4 is 6.29 Å². The van der Waals surface area contributed by atoms with E-state index in [2.05, 4.69) is 0 Å². The van der Waals surface area contributed by atoms with Crippen LogP contribution in [0.5, 0.6) is 5.75 Å². The molecule has 0 aliphatic rings. The molecule has 0 saturated carbocycles. The van der Waals surface area contributed by atoms with Crippen molar-refractivity contribution in [1.82, 2.24) is 0 Å². The standard InChI is InChI=1S/C13H18O3/c1-3-10(4-5-14)11-6-9(2)13(16)12(7-11)8-15/h6-8,10,14,16H,3-5H2,1-2H3. The normalized spacial score (nSPS) is 12.4. The number of aliphatic hydroxyl groups is 1. The molecule has 16 heavy (non-hydrogen) atoms. The number of aryl methyl sites for hydroxylation is 1. The van der Waals surface area contributed by atoms with E-state index in [4.69, 9.17) is 5.11 Å². The van der Waals surface area contributed by atoms with Crippen molar-refractivity contribution in [3.63, 3.8) is 0 Å². The second kappa shape index (κ2) is 5.66. The van der Waals surface area contributed by atoms with Gasteiger partial charge in [0.15, 0.2) is 6.29 Å². The largest absolute Gasteiger partial charge is 0.507 e. The minimum atomic E-state index is 0.0533. The average Bonchev–Trinajstić information content (AvgIpc) is 2.29. The Morgan fingerprint density at radius 3 is 2.62 bits per heavy atom. The van der Waals surface area contributed by atoms with Gasteiger partial charge in [-0.1, -0.05) is 13.0 Å². The zero-order valence-electron chi connectivity index (χ0n) is 9.73. The fourth-order valence-corrected chi connectivity index (χ4v) is 1.92. The first-order valence-electron chi connectivity index (χ1n) is 5.53. The smallest absolute Gasteiger partial charge is 0.153 e. The summed E-state index contributed by atoms with van der Waals surface area (Å²) < 4.78 is 0. The molecule has 3 nitrogen and oxygen atoms in total. The van der Waals surface area contributed by atoms with Crippen LogP contribution in [0.2, 0.25) is 0 Å². The van der Waals surface area contributed by atoms with Crippen LogP contribution in [0, 0.1) is 6.92 Å². The number of hydrogen-bond donors (Lipinski definition) is 2. The molecule has 0 aliphatic heterocycles. The molecular formula is C13H18O3. The number of rotatable bonds is 5. The lowest BCUT2D eigenvalue weighted by Gasteiger charge is -2.16. The van der Waals surface area contributed by atoms with E-state index in [0.717, 1.165) is 12.0 Å². The van der Waals surface area contributed by atoms with Gasteiger partial charge in [-0.25, -0.2) is 0 Å². The molecule has 0 spiro atoms.